The van der Waals surface area contributed by atoms with Crippen molar-refractivity contribution < 1.29 is 50.8 Å². The summed E-state index contributed by atoms with van der Waals surface area (Å²) in [5.41, 5.74) is -1.74. The highest BCUT2D eigenvalue weighted by atomic mass is 35.5. The number of halogens is 8. The number of aliphatic hydroxyl groups excluding tert-OH is 3. The van der Waals surface area contributed by atoms with Gasteiger partial charge in [0.1, 0.15) is 47.8 Å². The third-order valence-electron chi connectivity index (χ3n) is 7.83. The first-order valence-corrected chi connectivity index (χ1v) is 14.5. The molecule has 2 unspecified atom stereocenters. The summed E-state index contributed by atoms with van der Waals surface area (Å²) in [5.74, 6) is -5.78. The second-order valence-electron chi connectivity index (χ2n) is 11.0. The van der Waals surface area contributed by atoms with Crippen LogP contribution in [0.5, 0.6) is 0 Å². The van der Waals surface area contributed by atoms with E-state index in [9.17, 15) is 46.1 Å². The van der Waals surface area contributed by atoms with E-state index in [-0.39, 0.29) is 39.1 Å². The summed E-state index contributed by atoms with van der Waals surface area (Å²) in [6.45, 7) is 0.533. The molecule has 0 aliphatic carbocycles. The molecule has 252 valence electrons. The summed E-state index contributed by atoms with van der Waals surface area (Å²) in [5, 5.41) is 41.5. The Hall–Kier alpha value is -4.35. The van der Waals surface area contributed by atoms with Gasteiger partial charge in [0.05, 0.1) is 17.9 Å². The molecule has 17 heteroatoms. The molecule has 0 bridgehead atoms. The van der Waals surface area contributed by atoms with Gasteiger partial charge < -0.3 is 20.1 Å². The van der Waals surface area contributed by atoms with Crippen molar-refractivity contribution in [3.63, 3.8) is 0 Å². The van der Waals surface area contributed by atoms with E-state index in [0.717, 1.165) is 39.7 Å². The first-order valence-electron chi connectivity index (χ1n) is 14.1. The summed E-state index contributed by atoms with van der Waals surface area (Å²) >= 11 is 6.04. The van der Waals surface area contributed by atoms with Gasteiger partial charge in [0.2, 0.25) is 0 Å². The predicted molar refractivity (Wildman–Crippen MR) is 155 cm³/mol. The molecular weight excluding hydrogens is 675 g/mol. The Kier molecular flexibility index (Phi) is 8.80. The fourth-order valence-electron chi connectivity index (χ4n) is 5.63. The minimum atomic E-state index is -4.86. The van der Waals surface area contributed by atoms with Crippen LogP contribution in [0.3, 0.4) is 0 Å². The first kappa shape index (κ1) is 33.5. The minimum absolute atomic E-state index is 0.0301. The van der Waals surface area contributed by atoms with Crippen molar-refractivity contribution in [2.75, 3.05) is 6.61 Å². The Labute approximate surface area is 271 Å². The Bertz CT molecular complexity index is 1960. The SMILES string of the molecule is Cc1nc([C@@H]2OC(CO)[C@H](O)C(n3cc(-c4cc(F)c(F)c(F)c4)c(-c4ccc(F)cc4)n3)[C@@H]2O)n(-c2cc(Cl)ccc2C(F)(F)F)n1. The molecule has 2 aromatic heterocycles. The van der Waals surface area contributed by atoms with Crippen LogP contribution in [0.2, 0.25) is 5.02 Å². The lowest BCUT2D eigenvalue weighted by Crippen LogP contribution is -2.53. The number of nitrogens with zero attached hydrogens (tertiary/aromatic N) is 5. The van der Waals surface area contributed by atoms with E-state index in [4.69, 9.17) is 16.3 Å². The molecule has 1 aliphatic rings. The number of rotatable bonds is 6. The summed E-state index contributed by atoms with van der Waals surface area (Å²) in [7, 11) is 0. The van der Waals surface area contributed by atoms with Crippen LogP contribution in [0.4, 0.5) is 30.7 Å². The van der Waals surface area contributed by atoms with E-state index < -0.39 is 77.8 Å². The molecular formula is C31H23ClF7N5O4. The van der Waals surface area contributed by atoms with Crippen LogP contribution in [0, 0.1) is 30.2 Å². The number of ether oxygens (including phenoxy) is 1. The molecule has 5 atom stereocenters. The Morgan fingerprint density at radius 3 is 2.19 bits per heavy atom. The quantitative estimate of drug-likeness (QED) is 0.153. The molecule has 0 saturated carbocycles. The minimum Gasteiger partial charge on any atom is -0.394 e. The zero-order chi connectivity index (χ0) is 34.7. The number of aliphatic hydroxyl groups is 3. The number of hydrogen-bond donors (Lipinski definition) is 3. The molecule has 0 radical (unpaired) electrons. The highest BCUT2D eigenvalue weighted by Crippen LogP contribution is 2.42. The highest BCUT2D eigenvalue weighted by molar-refractivity contribution is 6.30. The van der Waals surface area contributed by atoms with Crippen LogP contribution >= 0.6 is 11.6 Å². The first-order chi connectivity index (χ1) is 22.7. The molecule has 6 rings (SSSR count). The molecule has 1 aliphatic heterocycles. The summed E-state index contributed by atoms with van der Waals surface area (Å²) in [4.78, 5) is 4.20. The van der Waals surface area contributed by atoms with E-state index in [1.807, 2.05) is 0 Å². The van der Waals surface area contributed by atoms with Gasteiger partial charge in [-0.05, 0) is 67.1 Å². The fraction of sp³-hybridized carbons (Fsp3) is 0.258. The Morgan fingerprint density at radius 2 is 1.56 bits per heavy atom. The van der Waals surface area contributed by atoms with Crippen molar-refractivity contribution >= 4 is 11.6 Å². The molecule has 3 N–H and O–H groups in total. The molecule has 1 saturated heterocycles. The number of alkyl halides is 3. The van der Waals surface area contributed by atoms with Gasteiger partial charge in [0.15, 0.2) is 23.3 Å². The van der Waals surface area contributed by atoms with Gasteiger partial charge in [-0.3, -0.25) is 4.68 Å². The summed E-state index contributed by atoms with van der Waals surface area (Å²) in [6.07, 6.45) is -10.4. The molecule has 3 aromatic carbocycles. The topological polar surface area (TPSA) is 118 Å². The van der Waals surface area contributed by atoms with Gasteiger partial charge in [-0.1, -0.05) is 11.6 Å². The van der Waals surface area contributed by atoms with Crippen molar-refractivity contribution in [1.82, 2.24) is 24.5 Å². The smallest absolute Gasteiger partial charge is 0.394 e. The molecule has 48 heavy (non-hydrogen) atoms. The van der Waals surface area contributed by atoms with Gasteiger partial charge in [-0.2, -0.15) is 23.4 Å². The van der Waals surface area contributed by atoms with E-state index in [1.165, 1.54) is 25.3 Å². The summed E-state index contributed by atoms with van der Waals surface area (Å²) in [6, 6.07) is 7.36. The van der Waals surface area contributed by atoms with Crippen LogP contribution in [0.1, 0.15) is 29.4 Å². The third-order valence-corrected chi connectivity index (χ3v) is 8.06. The normalized spacial score (nSPS) is 21.5. The maximum atomic E-state index is 14.3. The second-order valence-corrected chi connectivity index (χ2v) is 11.4. The van der Waals surface area contributed by atoms with Gasteiger partial charge in [-0.25, -0.2) is 27.2 Å². The maximum Gasteiger partial charge on any atom is 0.418 e. The predicted octanol–water partition coefficient (Wildman–Crippen LogP) is 5.73. The standard InChI is InChI=1S/C31H23ClF7N5O4/c1-13-40-30(44(41-13)22-10-16(32)4-7-19(22)31(37,38)39)29-28(47)26(27(46)23(12-45)48-29)43-11-18(15-8-20(34)24(36)21(35)9-15)25(42-43)14-2-5-17(33)6-3-14/h2-11,23,26-29,45-47H,12H2,1H3/t23?,26?,27-,28-,29+/m0/s1. The van der Waals surface area contributed by atoms with Crippen molar-refractivity contribution in [2.45, 2.75) is 43.6 Å². The second kappa shape index (κ2) is 12.6. The average molecular weight is 698 g/mol. The zero-order valence-electron chi connectivity index (χ0n) is 24.4. The molecule has 0 amide bonds. The molecule has 9 nitrogen and oxygen atoms in total. The number of benzene rings is 3. The third kappa shape index (κ3) is 6.05. The monoisotopic (exact) mass is 697 g/mol. The molecule has 3 heterocycles. The fourth-order valence-corrected chi connectivity index (χ4v) is 5.79. The average Bonchev–Trinajstić information content (AvgIpc) is 3.63. The van der Waals surface area contributed by atoms with Gasteiger partial charge in [-0.15, -0.1) is 0 Å². The molecule has 0 spiro atoms. The Morgan fingerprint density at radius 1 is 0.896 bits per heavy atom. The Balaban J connectivity index is 1.51. The largest absolute Gasteiger partial charge is 0.418 e. The van der Waals surface area contributed by atoms with Crippen LogP contribution in [0.25, 0.3) is 28.1 Å². The highest BCUT2D eigenvalue weighted by Gasteiger charge is 2.49. The molecule has 5 aromatic rings. The zero-order valence-corrected chi connectivity index (χ0v) is 25.1. The number of aryl methyl sites for hydroxylation is 1. The van der Waals surface area contributed by atoms with E-state index >= 15 is 0 Å². The van der Waals surface area contributed by atoms with Crippen molar-refractivity contribution in [1.29, 1.82) is 0 Å². The van der Waals surface area contributed by atoms with Crippen LogP contribution in [-0.4, -0.2) is 64.8 Å². The van der Waals surface area contributed by atoms with Gasteiger partial charge in [0.25, 0.3) is 0 Å². The lowest BCUT2D eigenvalue weighted by molar-refractivity contribution is -0.210. The van der Waals surface area contributed by atoms with Gasteiger partial charge in [0, 0.05) is 22.3 Å². The van der Waals surface area contributed by atoms with Crippen LogP contribution in [-0.2, 0) is 10.9 Å². The van der Waals surface area contributed by atoms with Gasteiger partial charge >= 0.3 is 6.18 Å². The lowest BCUT2D eigenvalue weighted by atomic mass is 9.92. The van der Waals surface area contributed by atoms with Crippen molar-refractivity contribution in [3.05, 3.63) is 106 Å². The molecule has 1 fully saturated rings. The van der Waals surface area contributed by atoms with Crippen molar-refractivity contribution in [3.8, 4) is 28.1 Å². The summed E-state index contributed by atoms with van der Waals surface area (Å²) < 4.78 is 106. The van der Waals surface area contributed by atoms with Crippen LogP contribution < -0.4 is 0 Å². The van der Waals surface area contributed by atoms with E-state index in [2.05, 4.69) is 15.2 Å². The maximum absolute atomic E-state index is 14.3. The van der Waals surface area contributed by atoms with Crippen LogP contribution in [0.15, 0.2) is 60.8 Å². The number of aromatic nitrogens is 5. The lowest BCUT2D eigenvalue weighted by Gasteiger charge is -2.42. The van der Waals surface area contributed by atoms with Crippen molar-refractivity contribution in [2.24, 2.45) is 0 Å². The number of hydrogen-bond acceptors (Lipinski definition) is 7. The van der Waals surface area contributed by atoms with E-state index in [0.29, 0.717) is 12.1 Å². The van der Waals surface area contributed by atoms with E-state index in [1.54, 1.807) is 0 Å².